The number of ether oxygens (including phenoxy) is 3. The van der Waals surface area contributed by atoms with Gasteiger partial charge in [0.15, 0.2) is 18.2 Å². The maximum absolute atomic E-state index is 12.4. The maximum Gasteiger partial charge on any atom is 0.198 e. The van der Waals surface area contributed by atoms with Gasteiger partial charge in [-0.05, 0) is 19.1 Å². The first-order valence-corrected chi connectivity index (χ1v) is 7.10. The lowest BCUT2D eigenvalue weighted by molar-refractivity contribution is -0.300. The molecular formula is C15H18O7. The van der Waals surface area contributed by atoms with E-state index in [2.05, 4.69) is 0 Å². The summed E-state index contributed by atoms with van der Waals surface area (Å²) in [6, 6.07) is 6.81. The Hall–Kier alpha value is -1.51. The highest BCUT2D eigenvalue weighted by Gasteiger charge is 2.44. The molecule has 6 atom stereocenters. The number of aliphatic hydroxyl groups is 3. The molecule has 1 aromatic carbocycles. The van der Waals surface area contributed by atoms with Crippen LogP contribution in [0.3, 0.4) is 0 Å². The second-order valence-electron chi connectivity index (χ2n) is 5.48. The molecule has 0 saturated carbocycles. The summed E-state index contributed by atoms with van der Waals surface area (Å²) in [5, 5.41) is 29.3. The molecule has 22 heavy (non-hydrogen) atoms. The molecule has 0 radical (unpaired) electrons. The summed E-state index contributed by atoms with van der Waals surface area (Å²) in [6.07, 6.45) is -6.94. The van der Waals surface area contributed by atoms with Gasteiger partial charge in [-0.1, -0.05) is 12.1 Å². The van der Waals surface area contributed by atoms with Crippen LogP contribution in [0, 0.1) is 0 Å². The Balaban J connectivity index is 1.73. The molecule has 3 rings (SSSR count). The third-order valence-electron chi connectivity index (χ3n) is 3.94. The Kier molecular flexibility index (Phi) is 4.16. The Morgan fingerprint density at radius 1 is 1.14 bits per heavy atom. The third-order valence-corrected chi connectivity index (χ3v) is 3.94. The van der Waals surface area contributed by atoms with Gasteiger partial charge < -0.3 is 29.5 Å². The van der Waals surface area contributed by atoms with E-state index in [0.717, 1.165) is 0 Å². The van der Waals surface area contributed by atoms with E-state index in [9.17, 15) is 20.1 Å². The van der Waals surface area contributed by atoms with Crippen molar-refractivity contribution in [2.45, 2.75) is 43.7 Å². The summed E-state index contributed by atoms with van der Waals surface area (Å²) in [4.78, 5) is 12.4. The van der Waals surface area contributed by atoms with E-state index in [1.165, 1.54) is 0 Å². The van der Waals surface area contributed by atoms with Gasteiger partial charge in [-0.15, -0.1) is 0 Å². The zero-order chi connectivity index (χ0) is 15.9. The molecule has 1 fully saturated rings. The van der Waals surface area contributed by atoms with E-state index in [1.54, 1.807) is 31.2 Å². The second-order valence-corrected chi connectivity index (χ2v) is 5.48. The van der Waals surface area contributed by atoms with Crippen molar-refractivity contribution in [1.29, 1.82) is 0 Å². The fourth-order valence-corrected chi connectivity index (χ4v) is 2.60. The van der Waals surface area contributed by atoms with Crippen molar-refractivity contribution in [3.63, 3.8) is 0 Å². The number of ketones is 1. The number of hydrogen-bond donors (Lipinski definition) is 3. The number of benzene rings is 1. The van der Waals surface area contributed by atoms with Crippen LogP contribution in [0.15, 0.2) is 24.3 Å². The Morgan fingerprint density at radius 2 is 1.86 bits per heavy atom. The first kappa shape index (κ1) is 15.4. The quantitative estimate of drug-likeness (QED) is 0.674. The molecule has 2 aliphatic heterocycles. The lowest BCUT2D eigenvalue weighted by atomic mass is 9.99. The highest BCUT2D eigenvalue weighted by Crippen LogP contribution is 2.28. The van der Waals surface area contributed by atoms with Crippen LogP contribution in [-0.4, -0.2) is 64.5 Å². The van der Waals surface area contributed by atoms with Gasteiger partial charge >= 0.3 is 0 Å². The molecule has 0 bridgehead atoms. The van der Waals surface area contributed by atoms with Crippen LogP contribution in [0.25, 0.3) is 0 Å². The van der Waals surface area contributed by atoms with Gasteiger partial charge in [0, 0.05) is 0 Å². The minimum atomic E-state index is -1.45. The molecule has 0 amide bonds. The van der Waals surface area contributed by atoms with Crippen molar-refractivity contribution in [2.24, 2.45) is 0 Å². The van der Waals surface area contributed by atoms with Crippen LogP contribution < -0.4 is 4.74 Å². The van der Waals surface area contributed by atoms with Gasteiger partial charge in [0.2, 0.25) is 0 Å². The number of fused-ring (bicyclic) bond motifs is 1. The topological polar surface area (TPSA) is 105 Å². The Bertz CT molecular complexity index is 561. The fourth-order valence-electron chi connectivity index (χ4n) is 2.60. The summed E-state index contributed by atoms with van der Waals surface area (Å²) in [5.74, 6) is 0.215. The van der Waals surface area contributed by atoms with Crippen molar-refractivity contribution in [2.75, 3.05) is 6.61 Å². The molecule has 2 heterocycles. The summed E-state index contributed by atoms with van der Waals surface area (Å²) in [6.45, 7) is 1.54. The Morgan fingerprint density at radius 3 is 2.64 bits per heavy atom. The average Bonchev–Trinajstić information content (AvgIpc) is 2.53. The molecule has 7 heteroatoms. The van der Waals surface area contributed by atoms with E-state index >= 15 is 0 Å². The van der Waals surface area contributed by atoms with Crippen LogP contribution in [0.5, 0.6) is 5.75 Å². The van der Waals surface area contributed by atoms with Crippen molar-refractivity contribution >= 4 is 5.78 Å². The van der Waals surface area contributed by atoms with Gasteiger partial charge in [0.05, 0.1) is 11.7 Å². The van der Waals surface area contributed by atoms with Gasteiger partial charge in [-0.25, -0.2) is 0 Å². The number of para-hydroxylation sites is 1. The second kappa shape index (κ2) is 5.94. The lowest BCUT2D eigenvalue weighted by Crippen LogP contribution is -2.58. The first-order valence-electron chi connectivity index (χ1n) is 7.10. The molecule has 2 aliphatic rings. The number of rotatable bonds is 2. The van der Waals surface area contributed by atoms with Gasteiger partial charge in [-0.3, -0.25) is 4.79 Å². The molecule has 7 nitrogen and oxygen atoms in total. The average molecular weight is 310 g/mol. The van der Waals surface area contributed by atoms with Gasteiger partial charge in [-0.2, -0.15) is 0 Å². The minimum absolute atomic E-state index is 0.00451. The Labute approximate surface area is 127 Å². The van der Waals surface area contributed by atoms with Crippen molar-refractivity contribution in [3.8, 4) is 5.75 Å². The first-order chi connectivity index (χ1) is 10.5. The number of Topliss-reactive ketones (excluding diaryl/α,β-unsaturated/α-hetero) is 1. The fraction of sp³-hybridized carbons (Fsp3) is 0.533. The number of aliphatic hydroxyl groups excluding tert-OH is 3. The summed E-state index contributed by atoms with van der Waals surface area (Å²) in [7, 11) is 0. The highest BCUT2D eigenvalue weighted by molar-refractivity contribution is 6.02. The zero-order valence-electron chi connectivity index (χ0n) is 12.0. The van der Waals surface area contributed by atoms with Crippen molar-refractivity contribution < 1.29 is 34.3 Å². The smallest absolute Gasteiger partial charge is 0.198 e. The molecule has 0 spiro atoms. The third kappa shape index (κ3) is 2.62. The summed E-state index contributed by atoms with van der Waals surface area (Å²) < 4.78 is 16.3. The zero-order valence-corrected chi connectivity index (χ0v) is 12.0. The monoisotopic (exact) mass is 310 g/mol. The van der Waals surface area contributed by atoms with Crippen LogP contribution in [0.4, 0.5) is 0 Å². The van der Waals surface area contributed by atoms with Gasteiger partial charge in [0.1, 0.15) is 30.7 Å². The predicted molar refractivity (Wildman–Crippen MR) is 73.5 cm³/mol. The predicted octanol–water partition coefficient (Wildman–Crippen LogP) is -0.526. The van der Waals surface area contributed by atoms with Crippen LogP contribution in [-0.2, 0) is 9.47 Å². The van der Waals surface area contributed by atoms with Crippen molar-refractivity contribution in [3.05, 3.63) is 29.8 Å². The molecule has 3 N–H and O–H groups in total. The van der Waals surface area contributed by atoms with E-state index < -0.39 is 36.8 Å². The molecule has 1 saturated heterocycles. The number of hydrogen-bond acceptors (Lipinski definition) is 7. The van der Waals surface area contributed by atoms with E-state index in [0.29, 0.717) is 11.3 Å². The SMILES string of the molecule is C[C@@H]1O[C@@H](O[C@H]2COc3ccccc3C2=O)[C@H](O)[C@H](O)[C@H]1O. The number of carbonyl (C=O) groups is 1. The number of carbonyl (C=O) groups excluding carboxylic acids is 1. The van der Waals surface area contributed by atoms with Crippen molar-refractivity contribution in [1.82, 2.24) is 0 Å². The van der Waals surface area contributed by atoms with Crippen LogP contribution in [0.2, 0.25) is 0 Å². The summed E-state index contributed by atoms with van der Waals surface area (Å²) >= 11 is 0. The minimum Gasteiger partial charge on any atom is -0.490 e. The lowest BCUT2D eigenvalue weighted by Gasteiger charge is -2.40. The summed E-state index contributed by atoms with van der Waals surface area (Å²) in [5.41, 5.74) is 0.401. The molecular weight excluding hydrogens is 292 g/mol. The molecule has 1 aromatic rings. The van der Waals surface area contributed by atoms with E-state index in [-0.39, 0.29) is 12.4 Å². The van der Waals surface area contributed by atoms with Gasteiger partial charge in [0.25, 0.3) is 0 Å². The normalized spacial score (nSPS) is 38.3. The maximum atomic E-state index is 12.4. The molecule has 120 valence electrons. The molecule has 0 unspecified atom stereocenters. The van der Waals surface area contributed by atoms with E-state index in [4.69, 9.17) is 14.2 Å². The molecule has 0 aromatic heterocycles. The van der Waals surface area contributed by atoms with E-state index in [1.807, 2.05) is 0 Å². The largest absolute Gasteiger partial charge is 0.490 e. The molecule has 0 aliphatic carbocycles. The highest BCUT2D eigenvalue weighted by atomic mass is 16.7. The van der Waals surface area contributed by atoms with Crippen LogP contribution >= 0.6 is 0 Å². The van der Waals surface area contributed by atoms with Crippen LogP contribution in [0.1, 0.15) is 17.3 Å². The standard InChI is InChI=1S/C15H18O7/c1-7-11(16)13(18)14(19)15(21-7)22-10-6-20-9-5-3-2-4-8(9)12(10)17/h2-5,7,10-11,13-16,18-19H,6H2,1H3/t7-,10-,11-,13+,14+,15-/m0/s1.